The Bertz CT molecular complexity index is 66.2. The van der Waals surface area contributed by atoms with Crippen molar-refractivity contribution in [3.8, 4) is 0 Å². The molecule has 2 nitrogen and oxygen atoms in total. The molecule has 0 saturated heterocycles. The molecule has 0 saturated carbocycles. The molecule has 0 amide bonds. The van der Waals surface area contributed by atoms with Crippen molar-refractivity contribution in [1.29, 1.82) is 0 Å². The number of hydrogen-bond donors (Lipinski definition) is 1. The maximum atomic E-state index is 3.54. The normalized spacial score (nSPS) is 5.71. The van der Waals surface area contributed by atoms with Crippen LogP contribution in [0.15, 0.2) is 12.5 Å². The molecule has 0 aliphatic heterocycles. The van der Waals surface area contributed by atoms with Gasteiger partial charge in [0.05, 0.1) is 0 Å². The molecule has 0 aromatic carbocycles. The predicted octanol–water partition coefficient (Wildman–Crippen LogP) is 0.658. The largest absolute Gasteiger partial charge is 2.00 e. The summed E-state index contributed by atoms with van der Waals surface area (Å²) in [6.07, 6.45) is 5.76. The first-order valence-electron chi connectivity index (χ1n) is 1.35. The van der Waals surface area contributed by atoms with Gasteiger partial charge in [-0.05, 0) is 0 Å². The molecule has 1 rings (SSSR count). The minimum atomic E-state index is 0. The molecule has 0 bridgehead atoms. The van der Waals surface area contributed by atoms with E-state index in [1.165, 1.54) is 0 Å². The van der Waals surface area contributed by atoms with Crippen molar-refractivity contribution in [2.24, 2.45) is 0 Å². The molecule has 3 heteroatoms. The van der Waals surface area contributed by atoms with Crippen LogP contribution in [0.25, 0.3) is 0 Å². The van der Waals surface area contributed by atoms with E-state index < -0.39 is 0 Å². The Kier molecular flexibility index (Phi) is 8.29. The number of nitrogens with one attached hydrogen (secondary N) is 1. The van der Waals surface area contributed by atoms with Gasteiger partial charge in [0, 0.05) is 0 Å². The van der Waals surface area contributed by atoms with Gasteiger partial charge in [0.15, 0.2) is 0 Å². The van der Waals surface area contributed by atoms with Gasteiger partial charge in [0.2, 0.25) is 0 Å². The predicted molar refractivity (Wildman–Crippen MR) is 23.8 cm³/mol. The molecule has 34 valence electrons. The fourth-order valence-electron chi connectivity index (χ4n) is 0.186. The zero-order valence-electron chi connectivity index (χ0n) is 4.31. The van der Waals surface area contributed by atoms with Crippen LogP contribution >= 0.6 is 0 Å². The van der Waals surface area contributed by atoms with Crippen molar-refractivity contribution < 1.29 is 19.5 Å². The summed E-state index contributed by atoms with van der Waals surface area (Å²) < 4.78 is 0. The molecule has 0 atom stereocenters. The molecule has 0 unspecified atom stereocenters. The second-order valence-electron chi connectivity index (χ2n) is 0.698. The molecule has 1 heterocycles. The third kappa shape index (κ3) is 3.67. The smallest absolute Gasteiger partial charge is 0.444 e. The molecule has 0 fully saturated rings. The van der Waals surface area contributed by atoms with Crippen molar-refractivity contribution in [3.63, 3.8) is 0 Å². The number of rotatable bonds is 0. The third-order valence-electron chi connectivity index (χ3n) is 0.362. The average Bonchev–Trinajstić information content (AvgIpc) is 1.76. The Balaban J connectivity index is 0. The standard InChI is InChI=1S/C3H3N2.CH3.Zn/c1-2-5-3-4-1;;/h1,3H,(H,4,5);1H3;/q2*-1;+2. The number of aromatic amines is 1. The Morgan fingerprint density at radius 3 is 2.43 bits per heavy atom. The molecular weight excluding hydrogens is 141 g/mol. The van der Waals surface area contributed by atoms with Crippen LogP contribution in [-0.2, 0) is 19.5 Å². The van der Waals surface area contributed by atoms with Crippen LogP contribution in [0.2, 0.25) is 0 Å². The molecule has 0 aliphatic rings. The van der Waals surface area contributed by atoms with Gasteiger partial charge in [-0.3, -0.25) is 0 Å². The monoisotopic (exact) mass is 146 g/mol. The summed E-state index contributed by atoms with van der Waals surface area (Å²) in [5.41, 5.74) is 0. The van der Waals surface area contributed by atoms with Gasteiger partial charge in [0.1, 0.15) is 0 Å². The molecular formula is C4H6N2Zn. The van der Waals surface area contributed by atoms with E-state index >= 15 is 0 Å². The minimum absolute atomic E-state index is 0. The first kappa shape index (κ1) is 9.95. The van der Waals surface area contributed by atoms with Crippen molar-refractivity contribution in [3.05, 3.63) is 26.1 Å². The van der Waals surface area contributed by atoms with Crippen LogP contribution in [0.5, 0.6) is 0 Å². The van der Waals surface area contributed by atoms with Crippen molar-refractivity contribution in [2.45, 2.75) is 0 Å². The van der Waals surface area contributed by atoms with E-state index in [-0.39, 0.29) is 26.9 Å². The van der Waals surface area contributed by atoms with Crippen LogP contribution in [0.1, 0.15) is 0 Å². The van der Waals surface area contributed by atoms with Gasteiger partial charge in [-0.25, -0.2) is 0 Å². The van der Waals surface area contributed by atoms with E-state index in [0.717, 1.165) is 0 Å². The van der Waals surface area contributed by atoms with E-state index in [4.69, 9.17) is 0 Å². The first-order chi connectivity index (χ1) is 2.50. The molecule has 0 aliphatic carbocycles. The van der Waals surface area contributed by atoms with Crippen LogP contribution in [0.3, 0.4) is 0 Å². The zero-order chi connectivity index (χ0) is 3.54. The summed E-state index contributed by atoms with van der Waals surface area (Å²) in [5, 5.41) is 0. The third-order valence-corrected chi connectivity index (χ3v) is 0.362. The Hall–Kier alpha value is -0.167. The summed E-state index contributed by atoms with van der Waals surface area (Å²) in [7, 11) is 0. The molecule has 1 N–H and O–H groups in total. The second-order valence-corrected chi connectivity index (χ2v) is 0.698. The second kappa shape index (κ2) is 5.83. The molecule has 1 aromatic rings. The topological polar surface area (TPSA) is 28.7 Å². The van der Waals surface area contributed by atoms with Crippen molar-refractivity contribution in [1.82, 2.24) is 9.97 Å². The van der Waals surface area contributed by atoms with E-state index in [1.807, 2.05) is 0 Å². The fraction of sp³-hybridized carbons (Fsp3) is 0. The van der Waals surface area contributed by atoms with Crippen LogP contribution in [0.4, 0.5) is 0 Å². The van der Waals surface area contributed by atoms with E-state index in [1.54, 1.807) is 12.5 Å². The summed E-state index contributed by atoms with van der Waals surface area (Å²) in [4.78, 5) is 6.24. The minimum Gasteiger partial charge on any atom is -0.444 e. The van der Waals surface area contributed by atoms with Gasteiger partial charge in [0.25, 0.3) is 0 Å². The van der Waals surface area contributed by atoms with Crippen LogP contribution < -0.4 is 0 Å². The van der Waals surface area contributed by atoms with Gasteiger partial charge in [-0.15, -0.1) is 6.20 Å². The average molecular weight is 147 g/mol. The SMILES string of the molecule is [CH3-].[Zn+2].[c-]1c[nH]cn1. The number of nitrogens with zero attached hydrogens (tertiary/aromatic N) is 1. The number of H-pyrrole nitrogens is 1. The quantitative estimate of drug-likeness (QED) is 0.424. The van der Waals surface area contributed by atoms with E-state index in [2.05, 4.69) is 16.2 Å². The van der Waals surface area contributed by atoms with Gasteiger partial charge < -0.3 is 17.4 Å². The summed E-state index contributed by atoms with van der Waals surface area (Å²) in [6.45, 7) is 0. The van der Waals surface area contributed by atoms with Crippen LogP contribution in [-0.4, -0.2) is 9.97 Å². The maximum Gasteiger partial charge on any atom is 2.00 e. The fourth-order valence-corrected chi connectivity index (χ4v) is 0.186. The summed E-state index contributed by atoms with van der Waals surface area (Å²) in [5.74, 6) is 0. The summed E-state index contributed by atoms with van der Waals surface area (Å²) >= 11 is 0. The van der Waals surface area contributed by atoms with Crippen molar-refractivity contribution in [2.75, 3.05) is 0 Å². The Morgan fingerprint density at radius 1 is 1.57 bits per heavy atom. The number of hydrogen-bond acceptors (Lipinski definition) is 1. The Morgan fingerprint density at radius 2 is 2.29 bits per heavy atom. The summed E-state index contributed by atoms with van der Waals surface area (Å²) in [6, 6.07) is 0. The van der Waals surface area contributed by atoms with Gasteiger partial charge in [-0.1, -0.05) is 12.5 Å². The number of imidazole rings is 1. The first-order valence-corrected chi connectivity index (χ1v) is 1.35. The van der Waals surface area contributed by atoms with Gasteiger partial charge >= 0.3 is 19.5 Å². The zero-order valence-corrected chi connectivity index (χ0v) is 7.28. The molecule has 1 aromatic heterocycles. The van der Waals surface area contributed by atoms with E-state index in [0.29, 0.717) is 0 Å². The molecule has 0 radical (unpaired) electrons. The van der Waals surface area contributed by atoms with E-state index in [9.17, 15) is 0 Å². The van der Waals surface area contributed by atoms with Gasteiger partial charge in [-0.2, -0.15) is 0 Å². The van der Waals surface area contributed by atoms with Crippen molar-refractivity contribution >= 4 is 0 Å². The number of aromatic nitrogens is 2. The van der Waals surface area contributed by atoms with Crippen LogP contribution in [0, 0.1) is 13.6 Å². The Labute approximate surface area is 56.1 Å². The maximum absolute atomic E-state index is 3.54. The molecule has 0 spiro atoms. The molecule has 7 heavy (non-hydrogen) atoms.